The Hall–Kier alpha value is -4.38. The summed E-state index contributed by atoms with van der Waals surface area (Å²) >= 11 is 1.63. The highest BCUT2D eigenvalue weighted by molar-refractivity contribution is 7.16. The Kier molecular flexibility index (Phi) is 9.28. The average Bonchev–Trinajstić information content (AvgIpc) is 3.44. The predicted octanol–water partition coefficient (Wildman–Crippen LogP) is 6.99. The van der Waals surface area contributed by atoms with Gasteiger partial charge < -0.3 is 14.4 Å². The van der Waals surface area contributed by atoms with E-state index in [4.69, 9.17) is 14.7 Å². The molecule has 0 aliphatic rings. The number of carbonyl (C=O) groups is 1. The second-order valence-corrected chi connectivity index (χ2v) is 10.2. The van der Waals surface area contributed by atoms with Crippen molar-refractivity contribution in [1.29, 1.82) is 0 Å². The molecule has 10 heteroatoms. The lowest BCUT2D eigenvalue weighted by atomic mass is 10.0. The number of esters is 1. The molecule has 41 heavy (non-hydrogen) atoms. The van der Waals surface area contributed by atoms with E-state index in [-0.39, 0.29) is 22.6 Å². The number of thiophene rings is 1. The standard InChI is InChI=1S/C31H27F3N2O4S/c1-36(2)29-17-15-25(41-29)14-7-21-8-16-26(28(18-21)39-3)30(37)40-24-13-10-22(27(19-24)31(32,33)34)9-4-20-5-11-23(35-38)12-6-20/h4-19,35,38H,1-3H3/p+1/b9-4+,14-7+. The summed E-state index contributed by atoms with van der Waals surface area (Å²) in [5, 5.41) is 10.1. The molecule has 1 aromatic heterocycles. The Morgan fingerprint density at radius 1 is 0.902 bits per heavy atom. The number of ether oxygens (including phenoxy) is 2. The fourth-order valence-corrected chi connectivity index (χ4v) is 4.69. The molecule has 0 unspecified atom stereocenters. The fourth-order valence-electron chi connectivity index (χ4n) is 3.86. The van der Waals surface area contributed by atoms with Crippen LogP contribution in [-0.4, -0.2) is 32.4 Å². The number of rotatable bonds is 9. The minimum absolute atomic E-state index is 0.0803. The van der Waals surface area contributed by atoms with Gasteiger partial charge in [0.25, 0.3) is 0 Å². The third-order valence-corrected chi connectivity index (χ3v) is 7.24. The quantitative estimate of drug-likeness (QED) is 0.0733. The van der Waals surface area contributed by atoms with Gasteiger partial charge in [0, 0.05) is 31.1 Å². The topological polar surface area (TPSA) is 75.6 Å². The van der Waals surface area contributed by atoms with Crippen molar-refractivity contribution >= 4 is 52.3 Å². The first-order valence-corrected chi connectivity index (χ1v) is 13.2. The Labute approximate surface area is 239 Å². The molecule has 0 atom stereocenters. The summed E-state index contributed by atoms with van der Waals surface area (Å²) in [6, 6.07) is 18.9. The van der Waals surface area contributed by atoms with Crippen LogP contribution in [0.1, 0.15) is 37.5 Å². The van der Waals surface area contributed by atoms with Gasteiger partial charge in [0.05, 0.1) is 17.7 Å². The number of quaternary nitrogens is 1. The smallest absolute Gasteiger partial charge is 0.417 e. The van der Waals surface area contributed by atoms with Crippen molar-refractivity contribution in [1.82, 2.24) is 0 Å². The van der Waals surface area contributed by atoms with E-state index < -0.39 is 17.7 Å². The Balaban J connectivity index is 1.52. The van der Waals surface area contributed by atoms with Crippen LogP contribution < -0.4 is 19.9 Å². The van der Waals surface area contributed by atoms with Gasteiger partial charge in [0.1, 0.15) is 17.1 Å². The van der Waals surface area contributed by atoms with Crippen LogP contribution in [0.2, 0.25) is 0 Å². The molecular formula is C31H28F3N2O4S+. The SMILES string of the molecule is COc1cc(/C=C/c2ccc(N(C)C)s2)ccc1C(=O)Oc1ccc(/C=C/c2ccc([NH2+]O)cc2)c(C(F)(F)F)c1. The Bertz CT molecular complexity index is 1580. The van der Waals surface area contributed by atoms with Gasteiger partial charge in [-0.3, -0.25) is 0 Å². The number of hydrogen-bond acceptors (Lipinski definition) is 6. The van der Waals surface area contributed by atoms with E-state index in [1.807, 2.05) is 43.3 Å². The fraction of sp³-hybridized carbons (Fsp3) is 0.129. The van der Waals surface area contributed by atoms with Crippen molar-refractivity contribution in [2.75, 3.05) is 26.1 Å². The second kappa shape index (κ2) is 12.9. The number of methoxy groups -OCH3 is 1. The molecule has 0 saturated carbocycles. The number of alkyl halides is 3. The Morgan fingerprint density at radius 2 is 1.61 bits per heavy atom. The number of anilines is 1. The first-order chi connectivity index (χ1) is 19.6. The van der Waals surface area contributed by atoms with Gasteiger partial charge in [-0.15, -0.1) is 11.3 Å². The summed E-state index contributed by atoms with van der Waals surface area (Å²) in [5.74, 6) is -0.857. The van der Waals surface area contributed by atoms with E-state index >= 15 is 0 Å². The van der Waals surface area contributed by atoms with Crippen LogP contribution in [-0.2, 0) is 6.18 Å². The third kappa shape index (κ3) is 7.63. The molecular weight excluding hydrogens is 553 g/mol. The summed E-state index contributed by atoms with van der Waals surface area (Å²) in [6.45, 7) is 0. The minimum atomic E-state index is -4.68. The average molecular weight is 582 g/mol. The normalized spacial score (nSPS) is 11.8. The summed E-state index contributed by atoms with van der Waals surface area (Å²) in [5.41, 5.74) is 1.98. The van der Waals surface area contributed by atoms with Gasteiger partial charge in [-0.2, -0.15) is 18.7 Å². The molecule has 0 aliphatic heterocycles. The zero-order valence-corrected chi connectivity index (χ0v) is 23.3. The van der Waals surface area contributed by atoms with Gasteiger partial charge in [0.15, 0.2) is 5.69 Å². The molecule has 4 aromatic rings. The number of nitrogens with zero attached hydrogens (tertiary/aromatic N) is 1. The van der Waals surface area contributed by atoms with Crippen LogP contribution in [0.4, 0.5) is 23.9 Å². The van der Waals surface area contributed by atoms with Crippen LogP contribution in [0.15, 0.2) is 72.8 Å². The van der Waals surface area contributed by atoms with E-state index in [2.05, 4.69) is 0 Å². The van der Waals surface area contributed by atoms with Gasteiger partial charge in [-0.25, -0.2) is 10.0 Å². The largest absolute Gasteiger partial charge is 0.496 e. The highest BCUT2D eigenvalue weighted by Gasteiger charge is 2.33. The molecule has 3 aromatic carbocycles. The third-order valence-electron chi connectivity index (χ3n) is 6.02. The molecule has 0 spiro atoms. The molecule has 6 nitrogen and oxygen atoms in total. The van der Waals surface area contributed by atoms with Gasteiger partial charge in [0.2, 0.25) is 0 Å². The van der Waals surface area contributed by atoms with Crippen LogP contribution in [0.5, 0.6) is 11.5 Å². The van der Waals surface area contributed by atoms with Crippen molar-refractivity contribution in [3.8, 4) is 11.5 Å². The van der Waals surface area contributed by atoms with E-state index in [9.17, 15) is 18.0 Å². The molecule has 0 radical (unpaired) electrons. The van der Waals surface area contributed by atoms with Gasteiger partial charge in [-0.05, 0) is 71.3 Å². The van der Waals surface area contributed by atoms with Crippen molar-refractivity contribution in [3.63, 3.8) is 0 Å². The van der Waals surface area contributed by atoms with Gasteiger partial charge in [-0.1, -0.05) is 30.4 Å². The maximum atomic E-state index is 13.9. The van der Waals surface area contributed by atoms with E-state index in [0.717, 1.165) is 27.0 Å². The molecule has 4 rings (SSSR count). The molecule has 1 heterocycles. The monoisotopic (exact) mass is 581 g/mol. The Morgan fingerprint density at radius 3 is 2.24 bits per heavy atom. The number of hydrogen-bond donors (Lipinski definition) is 2. The van der Waals surface area contributed by atoms with E-state index in [1.165, 1.54) is 37.5 Å². The molecule has 0 aliphatic carbocycles. The maximum absolute atomic E-state index is 13.9. The number of carbonyl (C=O) groups excluding carboxylic acids is 1. The van der Waals surface area contributed by atoms with E-state index in [0.29, 0.717) is 11.3 Å². The molecule has 0 fully saturated rings. The van der Waals surface area contributed by atoms with Crippen LogP contribution in [0.3, 0.4) is 0 Å². The van der Waals surface area contributed by atoms with Crippen LogP contribution >= 0.6 is 11.3 Å². The number of nitrogens with two attached hydrogens (primary N) is 1. The first kappa shape index (κ1) is 29.6. The zero-order valence-electron chi connectivity index (χ0n) is 22.5. The minimum Gasteiger partial charge on any atom is -0.496 e. The summed E-state index contributed by atoms with van der Waals surface area (Å²) in [6.07, 6.45) is 2.00. The summed E-state index contributed by atoms with van der Waals surface area (Å²) in [4.78, 5) is 16.0. The highest BCUT2D eigenvalue weighted by Crippen LogP contribution is 2.36. The lowest BCUT2D eigenvalue weighted by Crippen LogP contribution is -2.73. The molecule has 0 bridgehead atoms. The van der Waals surface area contributed by atoms with Crippen molar-refractivity contribution in [3.05, 3.63) is 105 Å². The number of halogens is 3. The van der Waals surface area contributed by atoms with Crippen molar-refractivity contribution in [2.45, 2.75) is 6.18 Å². The van der Waals surface area contributed by atoms with E-state index in [1.54, 1.807) is 47.7 Å². The first-order valence-electron chi connectivity index (χ1n) is 12.4. The maximum Gasteiger partial charge on any atom is 0.417 e. The van der Waals surface area contributed by atoms with Gasteiger partial charge >= 0.3 is 12.1 Å². The molecule has 0 amide bonds. The number of benzene rings is 3. The molecule has 0 saturated heterocycles. The summed E-state index contributed by atoms with van der Waals surface area (Å²) in [7, 11) is 5.34. The van der Waals surface area contributed by atoms with Crippen molar-refractivity contribution in [2.24, 2.45) is 0 Å². The highest BCUT2D eigenvalue weighted by atomic mass is 32.1. The lowest BCUT2D eigenvalue weighted by molar-refractivity contribution is -0.825. The molecule has 212 valence electrons. The zero-order chi connectivity index (χ0) is 29.6. The van der Waals surface area contributed by atoms with Crippen LogP contribution in [0, 0.1) is 0 Å². The summed E-state index contributed by atoms with van der Waals surface area (Å²) < 4.78 is 52.3. The van der Waals surface area contributed by atoms with Crippen LogP contribution in [0.25, 0.3) is 24.3 Å². The second-order valence-electron chi connectivity index (χ2n) is 9.13. The van der Waals surface area contributed by atoms with Crippen molar-refractivity contribution < 1.29 is 38.1 Å². The predicted molar refractivity (Wildman–Crippen MR) is 156 cm³/mol. The molecule has 3 N–H and O–H groups in total. The lowest BCUT2D eigenvalue weighted by Gasteiger charge is -2.14.